The second-order valence-corrected chi connectivity index (χ2v) is 14.9. The number of rotatable bonds is 6. The van der Waals surface area contributed by atoms with Crippen molar-refractivity contribution in [2.75, 3.05) is 5.75 Å². The van der Waals surface area contributed by atoms with Crippen LogP contribution in [-0.4, -0.2) is 35.7 Å². The molecule has 196 valence electrons. The number of carbonyl (C=O) groups is 2. The topological polar surface area (TPSA) is 107 Å². The summed E-state index contributed by atoms with van der Waals surface area (Å²) in [6.45, 7) is 10.2. The van der Waals surface area contributed by atoms with Gasteiger partial charge in [-0.1, -0.05) is 42.8 Å². The van der Waals surface area contributed by atoms with Crippen LogP contribution in [0.3, 0.4) is 0 Å². The maximum absolute atomic E-state index is 12.5. The largest absolute Gasteiger partial charge is 0.346 e. The molecule has 5 atom stereocenters. The summed E-state index contributed by atoms with van der Waals surface area (Å²) >= 11 is 0. The van der Waals surface area contributed by atoms with E-state index in [0.29, 0.717) is 23.5 Å². The van der Waals surface area contributed by atoms with Crippen molar-refractivity contribution < 1.29 is 39.9 Å². The van der Waals surface area contributed by atoms with E-state index in [4.69, 9.17) is 0 Å². The molecule has 34 heavy (non-hydrogen) atoms. The zero-order valence-electron chi connectivity index (χ0n) is 20.2. The van der Waals surface area contributed by atoms with Crippen molar-refractivity contribution in [3.05, 3.63) is 0 Å². The van der Waals surface area contributed by atoms with Gasteiger partial charge in [0.15, 0.2) is 0 Å². The van der Waals surface area contributed by atoms with Crippen LogP contribution in [0.4, 0.5) is 13.3 Å². The van der Waals surface area contributed by atoms with E-state index in [-0.39, 0.29) is 30.0 Å². The number of Topliss-reactive ketones (excluding diaryl/α,β-unsaturated/α-hetero) is 2. The summed E-state index contributed by atoms with van der Waals surface area (Å²) in [5, 5.41) is 0. The first-order valence-electron chi connectivity index (χ1n) is 11.6. The lowest BCUT2D eigenvalue weighted by atomic mass is 9.67. The van der Waals surface area contributed by atoms with Crippen LogP contribution < -0.4 is 0 Å². The molecule has 12 heteroatoms. The molecule has 7 nitrogen and oxygen atoms in total. The van der Waals surface area contributed by atoms with E-state index < -0.39 is 42.4 Å². The number of hydrogen-bond acceptors (Lipinski definition) is 6. The van der Waals surface area contributed by atoms with Gasteiger partial charge in [0.2, 0.25) is 0 Å². The number of alkyl halides is 2. The highest BCUT2D eigenvalue weighted by atomic mass is 32.3. The smallest absolute Gasteiger partial charge is 0.299 e. The lowest BCUT2D eigenvalue weighted by Gasteiger charge is -2.35. The molecule has 4 saturated carbocycles. The first-order valence-corrected chi connectivity index (χ1v) is 14.7. The molecule has 4 bridgehead atoms. The minimum absolute atomic E-state index is 0.00656. The van der Waals surface area contributed by atoms with Crippen LogP contribution in [0.25, 0.3) is 0 Å². The van der Waals surface area contributed by atoms with Gasteiger partial charge in [0.05, 0.1) is 11.2 Å². The third-order valence-corrected chi connectivity index (χ3v) is 13.1. The third-order valence-electron chi connectivity index (χ3n) is 9.84. The summed E-state index contributed by atoms with van der Waals surface area (Å²) in [7, 11) is -10.0. The minimum atomic E-state index is -5.29. The average Bonchev–Trinajstić information content (AvgIpc) is 3.26. The molecule has 0 aliphatic heterocycles. The van der Waals surface area contributed by atoms with Crippen LogP contribution in [-0.2, 0) is 34.0 Å². The van der Waals surface area contributed by atoms with Crippen LogP contribution in [0.5, 0.6) is 0 Å². The molecule has 0 heterocycles. The summed E-state index contributed by atoms with van der Waals surface area (Å²) in [5.41, 5.74) is -1.55. The standard InChI is InChI=1S/C11H16F3NO5S2.C11H18O/c1-10(2)7-3-4-11(10,8(16)5-7)6-21(17,18)15-22(19,20-14)9(12)13;1-4-11-6-5-8(7-9(11)12)10(11,2)3/h7,9H,3-6H2,1-2H3;8H,4-7H2,1-3H3. The Morgan fingerprint density at radius 1 is 0.941 bits per heavy atom. The highest BCUT2D eigenvalue weighted by Gasteiger charge is 2.65. The summed E-state index contributed by atoms with van der Waals surface area (Å²) in [5.74, 6) is -3.83. The van der Waals surface area contributed by atoms with E-state index in [2.05, 4.69) is 28.9 Å². The van der Waals surface area contributed by atoms with Gasteiger partial charge in [0, 0.05) is 18.3 Å². The second-order valence-electron chi connectivity index (χ2n) is 11.3. The summed E-state index contributed by atoms with van der Waals surface area (Å²) < 4.78 is 77.4. The molecule has 4 aliphatic rings. The molecule has 4 fully saturated rings. The van der Waals surface area contributed by atoms with Gasteiger partial charge in [0.1, 0.15) is 11.6 Å². The molecule has 4 aliphatic carbocycles. The van der Waals surface area contributed by atoms with E-state index in [1.54, 1.807) is 13.8 Å². The fourth-order valence-corrected chi connectivity index (χ4v) is 10.5. The van der Waals surface area contributed by atoms with Gasteiger partial charge < -0.3 is 0 Å². The van der Waals surface area contributed by atoms with E-state index in [1.807, 2.05) is 0 Å². The average molecular weight is 530 g/mol. The Morgan fingerprint density at radius 2 is 1.38 bits per heavy atom. The Morgan fingerprint density at radius 3 is 1.65 bits per heavy atom. The zero-order chi connectivity index (χ0) is 26.0. The number of carbonyl (C=O) groups excluding carboxylic acids is 2. The first-order chi connectivity index (χ1) is 15.4. The van der Waals surface area contributed by atoms with E-state index in [9.17, 15) is 35.5 Å². The number of ketones is 2. The number of nitrogens with zero attached hydrogens (tertiary/aromatic N) is 1. The molecule has 0 radical (unpaired) electrons. The number of fused-ring (bicyclic) bond motifs is 4. The molecular weight excluding hydrogens is 495 g/mol. The lowest BCUT2D eigenvalue weighted by Crippen LogP contribution is -2.42. The molecule has 0 saturated heterocycles. The van der Waals surface area contributed by atoms with Crippen LogP contribution in [0.1, 0.15) is 79.6 Å². The lowest BCUT2D eigenvalue weighted by molar-refractivity contribution is -0.129. The van der Waals surface area contributed by atoms with Crippen LogP contribution in [0.2, 0.25) is 0 Å². The predicted molar refractivity (Wildman–Crippen MR) is 120 cm³/mol. The van der Waals surface area contributed by atoms with Crippen molar-refractivity contribution >= 4 is 31.6 Å². The molecule has 0 aromatic heterocycles. The molecule has 0 amide bonds. The summed E-state index contributed by atoms with van der Waals surface area (Å²) in [4.78, 5) is 24.0. The van der Waals surface area contributed by atoms with Crippen LogP contribution in [0.15, 0.2) is 3.77 Å². The Bertz CT molecular complexity index is 1100. The van der Waals surface area contributed by atoms with Gasteiger partial charge in [0.25, 0.3) is 20.0 Å². The molecule has 0 N–H and O–H groups in total. The molecule has 5 unspecified atom stereocenters. The highest BCUT2D eigenvalue weighted by Crippen LogP contribution is 2.65. The van der Waals surface area contributed by atoms with Gasteiger partial charge in [-0.3, -0.25) is 9.59 Å². The monoisotopic (exact) mass is 529 g/mol. The maximum Gasteiger partial charge on any atom is 0.346 e. The Balaban J connectivity index is 0.000000226. The van der Waals surface area contributed by atoms with Gasteiger partial charge in [-0.2, -0.15) is 8.78 Å². The molecule has 0 aromatic rings. The molecule has 0 aromatic carbocycles. The van der Waals surface area contributed by atoms with Crippen molar-refractivity contribution in [2.24, 2.45) is 37.3 Å². The molecular formula is C22H34F3NO6S2. The van der Waals surface area contributed by atoms with Crippen LogP contribution >= 0.6 is 0 Å². The molecule has 4 rings (SSSR count). The Hall–Kier alpha value is -1.01. The van der Waals surface area contributed by atoms with Crippen molar-refractivity contribution in [3.8, 4) is 0 Å². The van der Waals surface area contributed by atoms with Crippen molar-refractivity contribution in [3.63, 3.8) is 0 Å². The van der Waals surface area contributed by atoms with Gasteiger partial charge >= 0.3 is 5.76 Å². The summed E-state index contributed by atoms with van der Waals surface area (Å²) in [6, 6.07) is 0. The SMILES string of the molecule is CC1(C)C2CCC1(CS(=O)(=O)N=S(=O)(OF)C(F)F)C(=O)C2.CCC12CCC(CC1=O)C2(C)C. The number of hydrogen-bond donors (Lipinski definition) is 0. The van der Waals surface area contributed by atoms with Gasteiger partial charge in [-0.15, -0.1) is 0 Å². The number of halogens is 3. The van der Waals surface area contributed by atoms with Gasteiger partial charge in [-0.25, -0.2) is 12.6 Å². The zero-order valence-corrected chi connectivity index (χ0v) is 21.9. The molecule has 0 spiro atoms. The van der Waals surface area contributed by atoms with Crippen molar-refractivity contribution in [2.45, 2.75) is 85.3 Å². The quantitative estimate of drug-likeness (QED) is 0.479. The summed E-state index contributed by atoms with van der Waals surface area (Å²) in [6.07, 6.45) is 5.48. The highest BCUT2D eigenvalue weighted by molar-refractivity contribution is 8.01. The predicted octanol–water partition coefficient (Wildman–Crippen LogP) is 5.01. The van der Waals surface area contributed by atoms with E-state index in [1.165, 1.54) is 6.42 Å². The maximum atomic E-state index is 12.5. The second kappa shape index (κ2) is 8.54. The third kappa shape index (κ3) is 3.86. The van der Waals surface area contributed by atoms with E-state index in [0.717, 1.165) is 19.3 Å². The Labute approximate surface area is 199 Å². The Kier molecular flexibility index (Phi) is 6.92. The normalized spacial score (nSPS) is 37.0. The van der Waals surface area contributed by atoms with E-state index >= 15 is 0 Å². The van der Waals surface area contributed by atoms with Crippen LogP contribution in [0, 0.1) is 33.5 Å². The number of sulfonamides is 1. The minimum Gasteiger partial charge on any atom is -0.299 e. The van der Waals surface area contributed by atoms with Gasteiger partial charge in [-0.05, 0) is 59.3 Å². The van der Waals surface area contributed by atoms with Crippen molar-refractivity contribution in [1.29, 1.82) is 0 Å². The fourth-order valence-electron chi connectivity index (χ4n) is 7.27. The van der Waals surface area contributed by atoms with Crippen molar-refractivity contribution in [1.82, 2.24) is 0 Å². The first kappa shape index (κ1) is 27.6. The fraction of sp³-hybridized carbons (Fsp3) is 0.909.